The summed E-state index contributed by atoms with van der Waals surface area (Å²) in [5, 5.41) is 2.60. The van der Waals surface area contributed by atoms with Gasteiger partial charge in [-0.15, -0.1) is 0 Å². The minimum Gasteiger partial charge on any atom is -0.354 e. The van der Waals surface area contributed by atoms with Gasteiger partial charge < -0.3 is 10.3 Å². The molecule has 1 aliphatic heterocycles. The van der Waals surface area contributed by atoms with E-state index >= 15 is 0 Å². The van der Waals surface area contributed by atoms with Crippen LogP contribution in [0.4, 0.5) is 0 Å². The molecule has 0 spiro atoms. The number of nitrogens with one attached hydrogen (secondary N) is 2. The largest absolute Gasteiger partial charge is 0.354 e. The summed E-state index contributed by atoms with van der Waals surface area (Å²) < 4.78 is 0. The first-order valence-electron chi connectivity index (χ1n) is 11.1. The monoisotopic (exact) mass is 429 g/mol. The number of carbonyl (C=O) groups is 1. The van der Waals surface area contributed by atoms with Gasteiger partial charge in [0.15, 0.2) is 0 Å². The van der Waals surface area contributed by atoms with Crippen LogP contribution in [0.25, 0.3) is 16.6 Å². The van der Waals surface area contributed by atoms with E-state index in [-0.39, 0.29) is 11.5 Å². The highest BCUT2D eigenvalue weighted by Gasteiger charge is 2.27. The molecule has 0 saturated heterocycles. The van der Waals surface area contributed by atoms with Gasteiger partial charge in [-0.05, 0) is 59.6 Å². The standard InChI is InChI=1S/C25H27N5O2/c1-15-13-30(8-7-19(15)18-5-6-21(28-12-18)25(32)26-2)14-16-9-23-22(27-11-16)10-20(17-3-4-17)24(31)29-23/h5-7,9-12,15,17H,3-4,8,13-14H2,1-2H3,(H,26,32)(H,29,31)/t15-/m1/s1. The van der Waals surface area contributed by atoms with Crippen molar-refractivity contribution in [3.8, 4) is 0 Å². The second-order valence-corrected chi connectivity index (χ2v) is 8.87. The second-order valence-electron chi connectivity index (χ2n) is 8.87. The summed E-state index contributed by atoms with van der Waals surface area (Å²) in [5.74, 6) is 0.573. The normalized spacial score (nSPS) is 19.1. The van der Waals surface area contributed by atoms with Crippen LogP contribution in [0.5, 0.6) is 0 Å². The molecule has 0 aromatic carbocycles. The van der Waals surface area contributed by atoms with Crippen LogP contribution >= 0.6 is 0 Å². The zero-order valence-electron chi connectivity index (χ0n) is 18.4. The van der Waals surface area contributed by atoms with E-state index in [2.05, 4.69) is 38.2 Å². The minimum absolute atomic E-state index is 0.0224. The van der Waals surface area contributed by atoms with Crippen LogP contribution in [-0.4, -0.2) is 45.9 Å². The molecule has 7 nitrogen and oxygen atoms in total. The van der Waals surface area contributed by atoms with Crippen molar-refractivity contribution in [3.63, 3.8) is 0 Å². The van der Waals surface area contributed by atoms with Crippen molar-refractivity contribution in [2.75, 3.05) is 20.1 Å². The Morgan fingerprint density at radius 3 is 2.75 bits per heavy atom. The van der Waals surface area contributed by atoms with Crippen molar-refractivity contribution in [1.82, 2.24) is 25.2 Å². The fraction of sp³-hybridized carbons (Fsp3) is 0.360. The first-order chi connectivity index (χ1) is 15.5. The second kappa shape index (κ2) is 8.31. The topological polar surface area (TPSA) is 91.0 Å². The lowest BCUT2D eigenvalue weighted by atomic mass is 9.91. The molecule has 7 heteroatoms. The lowest BCUT2D eigenvalue weighted by Crippen LogP contribution is -2.33. The third-order valence-electron chi connectivity index (χ3n) is 6.39. The number of rotatable bonds is 5. The number of H-pyrrole nitrogens is 1. The Balaban J connectivity index is 1.30. The predicted molar refractivity (Wildman–Crippen MR) is 124 cm³/mol. The lowest BCUT2D eigenvalue weighted by molar-refractivity contribution is 0.0958. The average molecular weight is 430 g/mol. The van der Waals surface area contributed by atoms with Gasteiger partial charge >= 0.3 is 0 Å². The maximum Gasteiger partial charge on any atom is 0.269 e. The molecule has 1 aliphatic carbocycles. The number of nitrogens with zero attached hydrogens (tertiary/aromatic N) is 3. The lowest BCUT2D eigenvalue weighted by Gasteiger charge is -2.31. The van der Waals surface area contributed by atoms with E-state index in [1.807, 2.05) is 24.4 Å². The highest BCUT2D eigenvalue weighted by atomic mass is 16.1. The van der Waals surface area contributed by atoms with Gasteiger partial charge in [0.05, 0.1) is 11.0 Å². The predicted octanol–water partition coefficient (Wildman–Crippen LogP) is 3.09. The number of fused-ring (bicyclic) bond motifs is 1. The highest BCUT2D eigenvalue weighted by molar-refractivity contribution is 5.92. The fourth-order valence-electron chi connectivity index (χ4n) is 4.53. The molecule has 164 valence electrons. The molecule has 3 aromatic heterocycles. The number of aromatic amines is 1. The Morgan fingerprint density at radius 1 is 1.22 bits per heavy atom. The summed E-state index contributed by atoms with van der Waals surface area (Å²) in [6.07, 6.45) is 8.14. The molecule has 1 fully saturated rings. The maximum absolute atomic E-state index is 12.4. The summed E-state index contributed by atoms with van der Waals surface area (Å²) >= 11 is 0. The van der Waals surface area contributed by atoms with Gasteiger partial charge in [0.2, 0.25) is 0 Å². The maximum atomic E-state index is 12.4. The third kappa shape index (κ3) is 4.08. The van der Waals surface area contributed by atoms with Gasteiger partial charge in [-0.25, -0.2) is 0 Å². The van der Waals surface area contributed by atoms with Gasteiger partial charge in [-0.2, -0.15) is 0 Å². The molecule has 1 atom stereocenters. The smallest absolute Gasteiger partial charge is 0.269 e. The summed E-state index contributed by atoms with van der Waals surface area (Å²) in [6, 6.07) is 7.74. The number of pyridine rings is 3. The van der Waals surface area contributed by atoms with Crippen LogP contribution in [0.2, 0.25) is 0 Å². The SMILES string of the molecule is CNC(=O)c1ccc(C2=CCN(Cc3cnc4cc(C5CC5)c(=O)[nH]c4c3)C[C@H]2C)cn1. The number of aromatic nitrogens is 3. The van der Waals surface area contributed by atoms with E-state index < -0.39 is 0 Å². The van der Waals surface area contributed by atoms with Crippen LogP contribution in [0.15, 0.2) is 47.5 Å². The molecule has 0 radical (unpaired) electrons. The van der Waals surface area contributed by atoms with Gasteiger partial charge in [-0.3, -0.25) is 24.5 Å². The molecule has 0 unspecified atom stereocenters. The fourth-order valence-corrected chi connectivity index (χ4v) is 4.53. The van der Waals surface area contributed by atoms with E-state index in [9.17, 15) is 9.59 Å². The molecular formula is C25H27N5O2. The van der Waals surface area contributed by atoms with E-state index in [0.29, 0.717) is 17.5 Å². The van der Waals surface area contributed by atoms with Crippen LogP contribution in [0.1, 0.15) is 52.9 Å². The summed E-state index contributed by atoms with van der Waals surface area (Å²) in [7, 11) is 1.60. The zero-order valence-corrected chi connectivity index (χ0v) is 18.4. The number of hydrogen-bond acceptors (Lipinski definition) is 5. The molecule has 1 amide bonds. The molecule has 32 heavy (non-hydrogen) atoms. The molecule has 1 saturated carbocycles. The number of carbonyl (C=O) groups excluding carboxylic acids is 1. The third-order valence-corrected chi connectivity index (χ3v) is 6.39. The van der Waals surface area contributed by atoms with E-state index in [1.165, 1.54) is 5.57 Å². The highest BCUT2D eigenvalue weighted by Crippen LogP contribution is 2.38. The molecule has 5 rings (SSSR count). The van der Waals surface area contributed by atoms with Crippen molar-refractivity contribution in [2.45, 2.75) is 32.2 Å². The van der Waals surface area contributed by atoms with Crippen LogP contribution in [0.3, 0.4) is 0 Å². The Morgan fingerprint density at radius 2 is 2.06 bits per heavy atom. The summed E-state index contributed by atoms with van der Waals surface area (Å²) in [5.41, 5.74) is 6.39. The first-order valence-corrected chi connectivity index (χ1v) is 11.1. The molecule has 4 heterocycles. The van der Waals surface area contributed by atoms with Gasteiger partial charge in [0, 0.05) is 44.6 Å². The van der Waals surface area contributed by atoms with Crippen molar-refractivity contribution < 1.29 is 4.79 Å². The van der Waals surface area contributed by atoms with Crippen molar-refractivity contribution in [1.29, 1.82) is 0 Å². The molecular weight excluding hydrogens is 402 g/mol. The summed E-state index contributed by atoms with van der Waals surface area (Å²) in [6.45, 7) is 4.72. The quantitative estimate of drug-likeness (QED) is 0.650. The minimum atomic E-state index is -0.178. The number of hydrogen-bond donors (Lipinski definition) is 2. The van der Waals surface area contributed by atoms with Gasteiger partial charge in [0.1, 0.15) is 5.69 Å². The number of amides is 1. The molecule has 2 aliphatic rings. The van der Waals surface area contributed by atoms with E-state index in [4.69, 9.17) is 0 Å². The van der Waals surface area contributed by atoms with Gasteiger partial charge in [0.25, 0.3) is 11.5 Å². The Labute approximate surface area is 186 Å². The Hall–Kier alpha value is -3.32. The van der Waals surface area contributed by atoms with Gasteiger partial charge in [-0.1, -0.05) is 19.1 Å². The Kier molecular flexibility index (Phi) is 5.35. The van der Waals surface area contributed by atoms with Crippen molar-refractivity contribution in [2.24, 2.45) is 5.92 Å². The molecule has 2 N–H and O–H groups in total. The van der Waals surface area contributed by atoms with Crippen LogP contribution < -0.4 is 10.9 Å². The van der Waals surface area contributed by atoms with E-state index in [1.54, 1.807) is 19.3 Å². The zero-order chi connectivity index (χ0) is 22.2. The summed E-state index contributed by atoms with van der Waals surface area (Å²) in [4.78, 5) is 38.4. The van der Waals surface area contributed by atoms with Crippen LogP contribution in [0, 0.1) is 5.92 Å². The van der Waals surface area contributed by atoms with Crippen molar-refractivity contribution in [3.05, 3.63) is 75.5 Å². The average Bonchev–Trinajstić information content (AvgIpc) is 3.64. The van der Waals surface area contributed by atoms with E-state index in [0.717, 1.165) is 60.2 Å². The van der Waals surface area contributed by atoms with Crippen LogP contribution in [-0.2, 0) is 6.54 Å². The Bertz CT molecular complexity index is 1260. The van der Waals surface area contributed by atoms with Crippen molar-refractivity contribution >= 4 is 22.5 Å². The molecule has 0 bridgehead atoms. The first kappa shape index (κ1) is 20.6. The molecule has 3 aromatic rings.